The van der Waals surface area contributed by atoms with E-state index < -0.39 is 0 Å². The third-order valence-electron chi connectivity index (χ3n) is 1.29. The molecule has 0 heterocycles. The molecule has 0 N–H and O–H groups in total. The fraction of sp³-hybridized carbons (Fsp3) is 0. The van der Waals surface area contributed by atoms with Gasteiger partial charge < -0.3 is 10.6 Å². The molecule has 58 valence electrons. The molecule has 1 aliphatic rings. The first-order valence-corrected chi connectivity index (χ1v) is 3.20. The van der Waals surface area contributed by atoms with E-state index in [0.717, 1.165) is 0 Å². The fourth-order valence-electron chi connectivity index (χ4n) is 0.798. The van der Waals surface area contributed by atoms with Gasteiger partial charge in [-0.15, -0.1) is 0 Å². The van der Waals surface area contributed by atoms with Gasteiger partial charge in [0.2, 0.25) is 0 Å². The third kappa shape index (κ3) is 1.70. The molecule has 0 unspecified atom stereocenters. The van der Waals surface area contributed by atoms with Crippen molar-refractivity contribution in [1.29, 1.82) is 5.39 Å². The molecular formula is C7H5N5. The predicted molar refractivity (Wildman–Crippen MR) is 44.7 cm³/mol. The molecule has 0 atom stereocenters. The highest BCUT2D eigenvalue weighted by Gasteiger charge is 2.07. The summed E-state index contributed by atoms with van der Waals surface area (Å²) in [6.07, 6.45) is 8.02. The van der Waals surface area contributed by atoms with Gasteiger partial charge in [0.1, 0.15) is 0 Å². The molecule has 0 aromatic heterocycles. The Morgan fingerprint density at radius 2 is 2.17 bits per heavy atom. The van der Waals surface area contributed by atoms with Crippen molar-refractivity contribution in [3.63, 3.8) is 0 Å². The van der Waals surface area contributed by atoms with Gasteiger partial charge in [-0.05, 0) is 6.08 Å². The minimum atomic E-state index is 0.442. The van der Waals surface area contributed by atoms with Crippen LogP contribution in [0.1, 0.15) is 0 Å². The summed E-state index contributed by atoms with van der Waals surface area (Å²) in [5.41, 5.74) is 9.27. The summed E-state index contributed by atoms with van der Waals surface area (Å²) in [5, 5.41) is 17.0. The van der Waals surface area contributed by atoms with E-state index in [0.29, 0.717) is 11.3 Å². The van der Waals surface area contributed by atoms with Crippen molar-refractivity contribution >= 4 is 5.71 Å². The highest BCUT2D eigenvalue weighted by Crippen LogP contribution is 2.08. The first-order chi connectivity index (χ1) is 5.88. The molecule has 12 heavy (non-hydrogen) atoms. The minimum Gasteiger partial charge on any atom is -0.707 e. The number of allylic oxidation sites excluding steroid dienone is 5. The Morgan fingerprint density at radius 3 is 2.83 bits per heavy atom. The van der Waals surface area contributed by atoms with Crippen LogP contribution in [0.5, 0.6) is 0 Å². The van der Waals surface area contributed by atoms with E-state index in [-0.39, 0.29) is 0 Å². The predicted octanol–water partition coefficient (Wildman–Crippen LogP) is 2.23. The summed E-state index contributed by atoms with van der Waals surface area (Å²) >= 11 is 0. The molecule has 5 heteroatoms. The number of hydrogen-bond donors (Lipinski definition) is 0. The molecule has 0 saturated heterocycles. The molecule has 0 saturated carbocycles. The van der Waals surface area contributed by atoms with Crippen molar-refractivity contribution in [3.8, 4) is 0 Å². The molecule has 0 bridgehead atoms. The number of nitrogens with zero attached hydrogens (tertiary/aromatic N) is 5. The molecule has 0 amide bonds. The largest absolute Gasteiger partial charge is 0.707 e. The van der Waals surface area contributed by atoms with Gasteiger partial charge in [-0.2, -0.15) is 0 Å². The second-order valence-corrected chi connectivity index (χ2v) is 1.99. The topological polar surface area (TPSA) is 75.2 Å². The average molecular weight is 159 g/mol. The second kappa shape index (κ2) is 3.93. The fourth-order valence-corrected chi connectivity index (χ4v) is 0.798. The average Bonchev–Trinajstić information content (AvgIpc) is 2.09. The quantitative estimate of drug-likeness (QED) is 0.328. The van der Waals surface area contributed by atoms with Crippen molar-refractivity contribution in [3.05, 3.63) is 46.7 Å². The first-order valence-electron chi connectivity index (χ1n) is 3.20. The number of diazo groups is 1. The maximum atomic E-state index is 8.25. The number of hydrogen-bond acceptors (Lipinski definition) is 3. The van der Waals surface area contributed by atoms with Gasteiger partial charge >= 0.3 is 5.08 Å². The van der Waals surface area contributed by atoms with Crippen LogP contribution in [0.15, 0.2) is 46.3 Å². The second-order valence-electron chi connectivity index (χ2n) is 1.99. The Labute approximate surface area is 68.9 Å². The molecule has 0 aromatic carbocycles. The standard InChI is InChI=1S/C7H5N5/c8-10-5-6-3-1-2-4-7(6)11-12-9/h1-5H/b6-5+,11-7+. The normalized spacial score (nSPS) is 21.2. The lowest BCUT2D eigenvalue weighted by Gasteiger charge is -1.99. The first kappa shape index (κ1) is 8.01. The van der Waals surface area contributed by atoms with E-state index in [1.54, 1.807) is 24.3 Å². The van der Waals surface area contributed by atoms with Crippen LogP contribution in [0.2, 0.25) is 0 Å². The molecule has 0 aliphatic heterocycles. The van der Waals surface area contributed by atoms with Crippen LogP contribution in [0, 0.1) is 5.39 Å². The zero-order chi connectivity index (χ0) is 8.81. The molecule has 0 fully saturated rings. The zero-order valence-electron chi connectivity index (χ0n) is 6.12. The molecule has 0 radical (unpaired) electrons. The van der Waals surface area contributed by atoms with E-state index in [1.807, 2.05) is 0 Å². The van der Waals surface area contributed by atoms with E-state index >= 15 is 0 Å². The molecule has 1 aliphatic carbocycles. The Balaban J connectivity index is 3.02. The Kier molecular flexibility index (Phi) is 2.62. The lowest BCUT2D eigenvalue weighted by Crippen LogP contribution is -1.98. The monoisotopic (exact) mass is 159 g/mol. The maximum absolute atomic E-state index is 8.25. The van der Waals surface area contributed by atoms with Crippen LogP contribution in [0.3, 0.4) is 0 Å². The molecule has 0 spiro atoms. The lowest BCUT2D eigenvalue weighted by molar-refractivity contribution is 1.34. The van der Waals surface area contributed by atoms with Gasteiger partial charge in [-0.25, -0.2) is 0 Å². The van der Waals surface area contributed by atoms with Gasteiger partial charge in [0.25, 0.3) is 5.39 Å². The maximum Gasteiger partial charge on any atom is 0.339 e. The van der Waals surface area contributed by atoms with E-state index in [9.17, 15) is 0 Å². The van der Waals surface area contributed by atoms with E-state index in [4.69, 9.17) is 10.9 Å². The SMILES string of the molecule is N#[N+]/N=C1\C=CC=C\C1=C/N=[N-]. The van der Waals surface area contributed by atoms with Crippen molar-refractivity contribution in [2.45, 2.75) is 0 Å². The summed E-state index contributed by atoms with van der Waals surface area (Å²) < 4.78 is 0. The van der Waals surface area contributed by atoms with Gasteiger partial charge in [0, 0.05) is 11.8 Å². The highest BCUT2D eigenvalue weighted by atomic mass is 15.2. The van der Waals surface area contributed by atoms with Gasteiger partial charge in [0.15, 0.2) is 10.8 Å². The Bertz CT molecular complexity index is 339. The van der Waals surface area contributed by atoms with Gasteiger partial charge in [-0.1, -0.05) is 18.2 Å². The third-order valence-corrected chi connectivity index (χ3v) is 1.29. The van der Waals surface area contributed by atoms with Crippen LogP contribution < -0.4 is 0 Å². The van der Waals surface area contributed by atoms with E-state index in [1.165, 1.54) is 6.20 Å². The number of rotatable bonds is 1. The minimum absolute atomic E-state index is 0.442. The smallest absolute Gasteiger partial charge is 0.339 e. The van der Waals surface area contributed by atoms with Crippen LogP contribution in [0.25, 0.3) is 10.6 Å². The lowest BCUT2D eigenvalue weighted by atomic mass is 10.1. The Morgan fingerprint density at radius 1 is 1.42 bits per heavy atom. The van der Waals surface area contributed by atoms with Crippen molar-refractivity contribution < 1.29 is 0 Å². The molecule has 1 rings (SSSR count). The zero-order valence-corrected chi connectivity index (χ0v) is 6.12. The highest BCUT2D eigenvalue weighted by molar-refractivity contribution is 6.11. The van der Waals surface area contributed by atoms with Crippen LogP contribution >= 0.6 is 0 Å². The van der Waals surface area contributed by atoms with Crippen molar-refractivity contribution in [2.24, 2.45) is 10.2 Å². The molecule has 0 aromatic rings. The summed E-state index contributed by atoms with van der Waals surface area (Å²) in [5.74, 6) is 0. The summed E-state index contributed by atoms with van der Waals surface area (Å²) in [6, 6.07) is 0. The Hall–Kier alpha value is -2.09. The summed E-state index contributed by atoms with van der Waals surface area (Å²) in [4.78, 5) is 0. The van der Waals surface area contributed by atoms with Crippen molar-refractivity contribution in [2.75, 3.05) is 0 Å². The van der Waals surface area contributed by atoms with Crippen molar-refractivity contribution in [1.82, 2.24) is 0 Å². The van der Waals surface area contributed by atoms with Crippen LogP contribution in [-0.2, 0) is 0 Å². The van der Waals surface area contributed by atoms with Crippen LogP contribution in [0.4, 0.5) is 0 Å². The van der Waals surface area contributed by atoms with Crippen LogP contribution in [-0.4, -0.2) is 5.71 Å². The molecule has 5 nitrogen and oxygen atoms in total. The summed E-state index contributed by atoms with van der Waals surface area (Å²) in [6.45, 7) is 0. The molecular weight excluding hydrogens is 154 g/mol. The van der Waals surface area contributed by atoms with Gasteiger partial charge in [-0.3, -0.25) is 0 Å². The summed E-state index contributed by atoms with van der Waals surface area (Å²) in [7, 11) is 0. The van der Waals surface area contributed by atoms with E-state index in [2.05, 4.69) is 15.3 Å². The van der Waals surface area contributed by atoms with Gasteiger partial charge in [0.05, 0.1) is 0 Å².